The molecule has 1 aromatic heterocycles. The van der Waals surface area contributed by atoms with Gasteiger partial charge in [0.1, 0.15) is 24.0 Å². The number of rotatable bonds is 3. The van der Waals surface area contributed by atoms with Crippen LogP contribution in [0.25, 0.3) is 21.5 Å². The summed E-state index contributed by atoms with van der Waals surface area (Å²) in [6.45, 7) is 5.95. The number of carbonyl (C=O) groups is 3. The van der Waals surface area contributed by atoms with Gasteiger partial charge in [-0.05, 0) is 59.5 Å². The topological polar surface area (TPSA) is 180 Å². The number of Topliss-reactive ketones (excluding diaryl/α,β-unsaturated/α-hetero) is 1. The van der Waals surface area contributed by atoms with Crippen LogP contribution in [0.1, 0.15) is 74.3 Å². The highest BCUT2D eigenvalue weighted by molar-refractivity contribution is 6.19. The highest BCUT2D eigenvalue weighted by Gasteiger charge is 2.65. The molecule has 0 fully saturated rings. The van der Waals surface area contributed by atoms with Gasteiger partial charge in [-0.25, -0.2) is 9.59 Å². The molecule has 3 aromatic carbocycles. The van der Waals surface area contributed by atoms with E-state index in [1.807, 2.05) is 0 Å². The first-order valence-electron chi connectivity index (χ1n) is 13.5. The molecule has 3 aliphatic rings. The lowest BCUT2D eigenvalue weighted by molar-refractivity contribution is -0.142. The van der Waals surface area contributed by atoms with Gasteiger partial charge in [-0.1, -0.05) is 13.8 Å². The maximum Gasteiger partial charge on any atom is 0.342 e. The number of aromatic nitrogens is 1. The summed E-state index contributed by atoms with van der Waals surface area (Å²) in [7, 11) is 0. The van der Waals surface area contributed by atoms with Gasteiger partial charge in [0.25, 0.3) is 0 Å². The van der Waals surface area contributed by atoms with Gasteiger partial charge in [-0.3, -0.25) is 14.4 Å². The van der Waals surface area contributed by atoms with Crippen LogP contribution in [0, 0.1) is 19.8 Å². The Kier molecular flexibility index (Phi) is 4.95. The Balaban J connectivity index is 1.75. The minimum absolute atomic E-state index is 0.0185. The van der Waals surface area contributed by atoms with Crippen molar-refractivity contribution in [1.29, 1.82) is 0 Å². The van der Waals surface area contributed by atoms with Crippen molar-refractivity contribution in [2.24, 2.45) is 5.92 Å². The largest absolute Gasteiger partial charge is 0.507 e. The zero-order chi connectivity index (χ0) is 30.3. The number of nitrogens with zero attached hydrogens (tertiary/aromatic N) is 1. The fourth-order valence-electron chi connectivity index (χ4n) is 7.81. The van der Waals surface area contributed by atoms with Gasteiger partial charge >= 0.3 is 11.9 Å². The first-order chi connectivity index (χ1) is 19.7. The number of aliphatic carboxylic acids is 1. The number of aromatic hydroxyl groups is 2. The number of pyridine rings is 1. The molecule has 214 valence electrons. The van der Waals surface area contributed by atoms with Gasteiger partial charge < -0.3 is 29.7 Å². The van der Waals surface area contributed by atoms with Crippen LogP contribution in [0.2, 0.25) is 0 Å². The van der Waals surface area contributed by atoms with E-state index in [-0.39, 0.29) is 44.0 Å². The number of ketones is 1. The number of carboxylic acids is 1. The van der Waals surface area contributed by atoms with E-state index in [4.69, 9.17) is 4.74 Å². The third-order valence-corrected chi connectivity index (χ3v) is 9.38. The van der Waals surface area contributed by atoms with Gasteiger partial charge in [-0.2, -0.15) is 0 Å². The zero-order valence-electron chi connectivity index (χ0n) is 22.9. The SMILES string of the molecule is Cc1cc(O)c2c3c1C(=O)[C@@H]1c4c(c(=O)c5cn([C@H](C(=O)O)C(C)C)c(O)c6c(=O)cc(C)c4c56)[C@@]3(COC2=O)[C@H]1O. The zero-order valence-corrected chi connectivity index (χ0v) is 22.9. The van der Waals surface area contributed by atoms with E-state index in [2.05, 4.69) is 0 Å². The number of phenolic OH excluding ortho intramolecular Hbond substituents is 1. The predicted molar refractivity (Wildman–Crippen MR) is 148 cm³/mol. The van der Waals surface area contributed by atoms with Crippen molar-refractivity contribution < 1.29 is 39.5 Å². The third-order valence-electron chi connectivity index (χ3n) is 9.38. The molecule has 2 bridgehead atoms. The first-order valence-corrected chi connectivity index (χ1v) is 13.5. The number of carboxylic acid groups (broad SMARTS) is 1. The fourth-order valence-corrected chi connectivity index (χ4v) is 7.81. The summed E-state index contributed by atoms with van der Waals surface area (Å²) in [5.74, 6) is -5.66. The molecule has 11 heteroatoms. The molecule has 4 N–H and O–H groups in total. The van der Waals surface area contributed by atoms with E-state index >= 15 is 0 Å². The molecule has 0 unspecified atom stereocenters. The minimum atomic E-state index is -1.72. The summed E-state index contributed by atoms with van der Waals surface area (Å²) in [5, 5.41) is 44.0. The summed E-state index contributed by atoms with van der Waals surface area (Å²) >= 11 is 0. The van der Waals surface area contributed by atoms with Crippen LogP contribution in [0.3, 0.4) is 0 Å². The molecule has 42 heavy (non-hydrogen) atoms. The Labute approximate surface area is 236 Å². The molecule has 0 radical (unpaired) electrons. The Morgan fingerprint density at radius 1 is 1.00 bits per heavy atom. The smallest absolute Gasteiger partial charge is 0.342 e. The molecule has 4 aromatic rings. The molecule has 4 atom stereocenters. The summed E-state index contributed by atoms with van der Waals surface area (Å²) in [5.41, 5.74) is -2.35. The summed E-state index contributed by atoms with van der Waals surface area (Å²) in [4.78, 5) is 67.4. The van der Waals surface area contributed by atoms with Crippen molar-refractivity contribution in [1.82, 2.24) is 4.57 Å². The van der Waals surface area contributed by atoms with Crippen molar-refractivity contribution in [3.05, 3.63) is 77.7 Å². The fraction of sp³-hybridized carbons (Fsp3) is 0.323. The summed E-state index contributed by atoms with van der Waals surface area (Å²) in [6, 6.07) is 1.17. The van der Waals surface area contributed by atoms with Gasteiger partial charge in [0.05, 0.1) is 22.8 Å². The van der Waals surface area contributed by atoms with E-state index in [0.717, 1.165) is 4.57 Å². The molecule has 2 aliphatic carbocycles. The minimum Gasteiger partial charge on any atom is -0.507 e. The number of ether oxygens (including phenoxy) is 1. The van der Waals surface area contributed by atoms with Gasteiger partial charge in [0, 0.05) is 28.1 Å². The number of aliphatic hydroxyl groups is 1. The van der Waals surface area contributed by atoms with Crippen LogP contribution >= 0.6 is 0 Å². The number of carbonyl (C=O) groups excluding carboxylic acids is 2. The van der Waals surface area contributed by atoms with Crippen LogP contribution < -0.4 is 10.9 Å². The van der Waals surface area contributed by atoms with Crippen molar-refractivity contribution in [3.8, 4) is 11.6 Å². The lowest BCUT2D eigenvalue weighted by Crippen LogP contribution is -2.53. The Morgan fingerprint density at radius 2 is 1.69 bits per heavy atom. The molecule has 2 heterocycles. The maximum atomic E-state index is 14.7. The van der Waals surface area contributed by atoms with Gasteiger partial charge in [0.2, 0.25) is 5.88 Å². The van der Waals surface area contributed by atoms with Crippen molar-refractivity contribution >= 4 is 39.3 Å². The highest BCUT2D eigenvalue weighted by Crippen LogP contribution is 2.60. The third kappa shape index (κ3) is 2.72. The van der Waals surface area contributed by atoms with Crippen molar-refractivity contribution in [3.63, 3.8) is 0 Å². The first kappa shape index (κ1) is 26.1. The lowest BCUT2D eigenvalue weighted by atomic mass is 9.63. The molecule has 0 saturated carbocycles. The molecule has 0 saturated heterocycles. The van der Waals surface area contributed by atoms with E-state index in [1.165, 1.54) is 18.3 Å². The monoisotopic (exact) mass is 571 g/mol. The number of hydrogen-bond acceptors (Lipinski definition) is 9. The standard InChI is InChI=1S/C31H25NO10/c1-9(2)24(29(39)40)32-7-12-17-15(10(3)5-13(33)18(17)28(32)38)20-21-26(36)16-11(4)6-14(34)19-22(16)31(27(21)37,8-42-30(19)41)23(20)25(12)35/h5-7,9,21,24,27,34,37-38H,8H2,1-4H3,(H,39,40)/t21-,24-,27-,31-/m0/s1. The second-order valence-electron chi connectivity index (χ2n) is 11.9. The van der Waals surface area contributed by atoms with E-state index in [9.17, 15) is 44.4 Å². The van der Waals surface area contributed by atoms with E-state index in [1.54, 1.807) is 27.7 Å². The quantitative estimate of drug-likeness (QED) is 0.267. The number of benzene rings is 3. The normalized spacial score (nSPS) is 22.9. The number of esters is 1. The van der Waals surface area contributed by atoms with Crippen LogP contribution in [0.15, 0.2) is 27.9 Å². The van der Waals surface area contributed by atoms with Crippen LogP contribution in [-0.4, -0.2) is 55.4 Å². The Morgan fingerprint density at radius 3 is 2.33 bits per heavy atom. The number of hydrogen-bond donors (Lipinski definition) is 4. The van der Waals surface area contributed by atoms with Crippen LogP contribution in [0.4, 0.5) is 0 Å². The lowest BCUT2D eigenvalue weighted by Gasteiger charge is -2.43. The predicted octanol–water partition coefficient (Wildman–Crippen LogP) is 2.37. The van der Waals surface area contributed by atoms with Gasteiger partial charge in [0.15, 0.2) is 16.6 Å². The number of aliphatic hydroxyl groups excluding tert-OH is 1. The Hall–Kier alpha value is -4.77. The average Bonchev–Trinajstić information content (AvgIpc) is 3.08. The molecular formula is C31H25NO10. The Bertz CT molecular complexity index is 2110. The van der Waals surface area contributed by atoms with Gasteiger partial charge in [-0.15, -0.1) is 0 Å². The van der Waals surface area contributed by atoms with Crippen LogP contribution in [-0.2, 0) is 14.9 Å². The van der Waals surface area contributed by atoms with E-state index < -0.39 is 76.2 Å². The van der Waals surface area contributed by atoms with Crippen LogP contribution in [0.5, 0.6) is 11.6 Å². The second kappa shape index (κ2) is 7.95. The summed E-state index contributed by atoms with van der Waals surface area (Å²) in [6.07, 6.45) is -0.360. The number of cyclic esters (lactones) is 1. The second-order valence-corrected chi connectivity index (χ2v) is 11.9. The van der Waals surface area contributed by atoms with Crippen molar-refractivity contribution in [2.45, 2.75) is 51.2 Å². The number of aryl methyl sites for hydroxylation is 2. The number of fused-ring (bicyclic) bond motifs is 4. The highest BCUT2D eigenvalue weighted by atomic mass is 16.5. The van der Waals surface area contributed by atoms with Crippen molar-refractivity contribution in [2.75, 3.05) is 6.61 Å². The molecule has 0 amide bonds. The molecule has 7 rings (SSSR count). The van der Waals surface area contributed by atoms with E-state index in [0.29, 0.717) is 16.5 Å². The molecule has 1 aliphatic heterocycles. The summed E-state index contributed by atoms with van der Waals surface area (Å²) < 4.78 is 6.46. The number of phenols is 1. The molecule has 1 spiro atoms. The average molecular weight is 572 g/mol. The molecule has 11 nitrogen and oxygen atoms in total. The maximum absolute atomic E-state index is 14.7. The molecular weight excluding hydrogens is 546 g/mol.